The maximum atomic E-state index is 13.4. The molecule has 0 bridgehead atoms. The summed E-state index contributed by atoms with van der Waals surface area (Å²) in [6, 6.07) is 9.83. The molecular weight excluding hydrogens is 344 g/mol. The van der Waals surface area contributed by atoms with E-state index < -0.39 is 18.1 Å². The molecule has 3 atom stereocenters. The van der Waals surface area contributed by atoms with Crippen LogP contribution in [0.5, 0.6) is 0 Å². The summed E-state index contributed by atoms with van der Waals surface area (Å²) >= 11 is 1.43. The lowest BCUT2D eigenvalue weighted by molar-refractivity contribution is -0.149. The van der Waals surface area contributed by atoms with Crippen LogP contribution in [0.15, 0.2) is 47.4 Å². The van der Waals surface area contributed by atoms with E-state index in [1.807, 2.05) is 0 Å². The molecule has 2 rings (SSSR count). The van der Waals surface area contributed by atoms with E-state index in [1.54, 1.807) is 39.0 Å². The predicted molar refractivity (Wildman–Crippen MR) is 95.3 cm³/mol. The molecule has 3 nitrogen and oxygen atoms in total. The molecular formula is C19H21F2NO2S. The molecule has 6 heteroatoms. The van der Waals surface area contributed by atoms with Gasteiger partial charge in [-0.15, -0.1) is 11.8 Å². The van der Waals surface area contributed by atoms with Gasteiger partial charge < -0.3 is 10.5 Å². The van der Waals surface area contributed by atoms with Crippen LogP contribution in [0.25, 0.3) is 0 Å². The van der Waals surface area contributed by atoms with E-state index >= 15 is 0 Å². The Morgan fingerprint density at radius 2 is 1.68 bits per heavy atom. The molecule has 25 heavy (non-hydrogen) atoms. The van der Waals surface area contributed by atoms with E-state index in [9.17, 15) is 13.6 Å². The molecule has 0 saturated heterocycles. The number of esters is 1. The zero-order valence-corrected chi connectivity index (χ0v) is 15.1. The van der Waals surface area contributed by atoms with E-state index in [4.69, 9.17) is 10.5 Å². The second kappa shape index (κ2) is 8.45. The van der Waals surface area contributed by atoms with Crippen LogP contribution < -0.4 is 5.73 Å². The Labute approximate surface area is 150 Å². The van der Waals surface area contributed by atoms with Crippen molar-refractivity contribution in [1.29, 1.82) is 0 Å². The number of nitrogens with two attached hydrogens (primary N) is 1. The van der Waals surface area contributed by atoms with Crippen molar-refractivity contribution in [3.8, 4) is 0 Å². The summed E-state index contributed by atoms with van der Waals surface area (Å²) in [4.78, 5) is 12.7. The summed E-state index contributed by atoms with van der Waals surface area (Å²) in [7, 11) is 0. The van der Waals surface area contributed by atoms with E-state index in [-0.39, 0.29) is 16.9 Å². The number of rotatable bonds is 6. The van der Waals surface area contributed by atoms with Crippen LogP contribution in [-0.4, -0.2) is 18.1 Å². The van der Waals surface area contributed by atoms with Crippen LogP contribution in [-0.2, 0) is 9.53 Å². The third-order valence-corrected chi connectivity index (χ3v) is 5.15. The SMILES string of the molecule is Cc1cc(F)ccc1[C@@H](Sc1ccc(F)cc1)[C@H](C)OC(=O)[C@H](C)N. The van der Waals surface area contributed by atoms with Gasteiger partial charge >= 0.3 is 5.97 Å². The number of aryl methyl sites for hydroxylation is 1. The van der Waals surface area contributed by atoms with Crippen LogP contribution in [0.2, 0.25) is 0 Å². The Bertz CT molecular complexity index is 735. The van der Waals surface area contributed by atoms with Crippen LogP contribution in [0.4, 0.5) is 8.78 Å². The van der Waals surface area contributed by atoms with Gasteiger partial charge in [0.1, 0.15) is 23.8 Å². The first-order valence-electron chi connectivity index (χ1n) is 7.92. The van der Waals surface area contributed by atoms with E-state index in [0.717, 1.165) is 16.0 Å². The van der Waals surface area contributed by atoms with Crippen molar-refractivity contribution >= 4 is 17.7 Å². The number of ether oxygens (including phenoxy) is 1. The quantitative estimate of drug-likeness (QED) is 0.609. The van der Waals surface area contributed by atoms with E-state index in [0.29, 0.717) is 0 Å². The predicted octanol–water partition coefficient (Wildman–Crippen LogP) is 4.39. The standard InChI is InChI=1S/C19H21F2NO2S/c1-11-10-15(21)6-9-17(11)18(13(3)24-19(23)12(2)22)25-16-7-4-14(20)5-8-16/h4-10,12-13,18H,22H2,1-3H3/t12-,13-,18-/m0/s1. The summed E-state index contributed by atoms with van der Waals surface area (Å²) in [5.74, 6) is -1.15. The van der Waals surface area contributed by atoms with E-state index in [1.165, 1.54) is 36.0 Å². The maximum Gasteiger partial charge on any atom is 0.322 e. The Hall–Kier alpha value is -1.92. The van der Waals surface area contributed by atoms with Crippen LogP contribution >= 0.6 is 11.8 Å². The fourth-order valence-corrected chi connectivity index (χ4v) is 3.61. The molecule has 2 aromatic rings. The summed E-state index contributed by atoms with van der Waals surface area (Å²) < 4.78 is 32.0. The number of hydrogen-bond donors (Lipinski definition) is 1. The molecule has 0 spiro atoms. The van der Waals surface area contributed by atoms with Gasteiger partial charge in [0.25, 0.3) is 0 Å². The number of carbonyl (C=O) groups excluding carboxylic acids is 1. The Morgan fingerprint density at radius 1 is 1.08 bits per heavy atom. The van der Waals surface area contributed by atoms with Gasteiger partial charge in [-0.25, -0.2) is 8.78 Å². The first kappa shape index (κ1) is 19.4. The number of thioether (sulfide) groups is 1. The molecule has 134 valence electrons. The smallest absolute Gasteiger partial charge is 0.322 e. The summed E-state index contributed by atoms with van der Waals surface area (Å²) in [5.41, 5.74) is 7.17. The van der Waals surface area contributed by atoms with Gasteiger partial charge in [-0.3, -0.25) is 4.79 Å². The van der Waals surface area contributed by atoms with Gasteiger partial charge in [-0.2, -0.15) is 0 Å². The van der Waals surface area contributed by atoms with Crippen molar-refractivity contribution in [1.82, 2.24) is 0 Å². The average molecular weight is 365 g/mol. The molecule has 0 heterocycles. The van der Waals surface area contributed by atoms with Gasteiger partial charge in [0.2, 0.25) is 0 Å². The monoisotopic (exact) mass is 365 g/mol. The third kappa shape index (κ3) is 5.28. The highest BCUT2D eigenvalue weighted by molar-refractivity contribution is 7.99. The van der Waals surface area contributed by atoms with Gasteiger partial charge in [0.15, 0.2) is 0 Å². The summed E-state index contributed by atoms with van der Waals surface area (Å²) in [6.45, 7) is 5.13. The lowest BCUT2D eigenvalue weighted by Crippen LogP contribution is -2.33. The first-order chi connectivity index (χ1) is 11.8. The second-order valence-corrected chi connectivity index (χ2v) is 7.14. The van der Waals surface area contributed by atoms with Gasteiger partial charge in [0.05, 0.1) is 5.25 Å². The summed E-state index contributed by atoms with van der Waals surface area (Å²) in [5, 5.41) is -0.284. The average Bonchev–Trinajstić information content (AvgIpc) is 2.54. The second-order valence-electron chi connectivity index (χ2n) is 5.92. The minimum atomic E-state index is -0.728. The maximum absolute atomic E-state index is 13.4. The normalized spacial score (nSPS) is 14.6. The number of benzene rings is 2. The van der Waals surface area contributed by atoms with Gasteiger partial charge in [0, 0.05) is 4.90 Å². The molecule has 2 aromatic carbocycles. The van der Waals surface area contributed by atoms with Crippen molar-refractivity contribution in [2.45, 2.75) is 43.1 Å². The molecule has 0 saturated carbocycles. The highest BCUT2D eigenvalue weighted by atomic mass is 32.2. The molecule has 0 aliphatic carbocycles. The number of hydrogen-bond acceptors (Lipinski definition) is 4. The highest BCUT2D eigenvalue weighted by Gasteiger charge is 2.26. The lowest BCUT2D eigenvalue weighted by Gasteiger charge is -2.26. The minimum absolute atomic E-state index is 0.284. The first-order valence-corrected chi connectivity index (χ1v) is 8.80. The Balaban J connectivity index is 2.32. The fraction of sp³-hybridized carbons (Fsp3) is 0.316. The largest absolute Gasteiger partial charge is 0.460 e. The van der Waals surface area contributed by atoms with Crippen molar-refractivity contribution in [2.24, 2.45) is 5.73 Å². The molecule has 2 N–H and O–H groups in total. The molecule has 0 fully saturated rings. The third-order valence-electron chi connectivity index (χ3n) is 3.72. The Kier molecular flexibility index (Phi) is 6.56. The minimum Gasteiger partial charge on any atom is -0.460 e. The van der Waals surface area contributed by atoms with Crippen molar-refractivity contribution in [2.75, 3.05) is 0 Å². The lowest BCUT2D eigenvalue weighted by atomic mass is 10.0. The molecule has 0 aromatic heterocycles. The highest BCUT2D eigenvalue weighted by Crippen LogP contribution is 2.40. The van der Waals surface area contributed by atoms with Crippen molar-refractivity contribution in [3.05, 3.63) is 65.2 Å². The number of carbonyl (C=O) groups is 1. The number of halogens is 2. The zero-order chi connectivity index (χ0) is 18.6. The molecule has 0 unspecified atom stereocenters. The van der Waals surface area contributed by atoms with E-state index in [2.05, 4.69) is 0 Å². The molecule has 0 radical (unpaired) electrons. The van der Waals surface area contributed by atoms with Gasteiger partial charge in [-0.1, -0.05) is 6.07 Å². The topological polar surface area (TPSA) is 52.3 Å². The van der Waals surface area contributed by atoms with Gasteiger partial charge in [-0.05, 0) is 68.3 Å². The van der Waals surface area contributed by atoms with Crippen LogP contribution in [0.1, 0.15) is 30.2 Å². The molecule has 0 aliphatic rings. The fourth-order valence-electron chi connectivity index (χ4n) is 2.38. The molecule has 0 amide bonds. The van der Waals surface area contributed by atoms with Crippen LogP contribution in [0, 0.1) is 18.6 Å². The molecule has 0 aliphatic heterocycles. The van der Waals surface area contributed by atoms with Crippen molar-refractivity contribution < 1.29 is 18.3 Å². The van der Waals surface area contributed by atoms with Crippen LogP contribution in [0.3, 0.4) is 0 Å². The zero-order valence-electron chi connectivity index (χ0n) is 14.3. The van der Waals surface area contributed by atoms with Crippen molar-refractivity contribution in [3.63, 3.8) is 0 Å². The Morgan fingerprint density at radius 3 is 2.24 bits per heavy atom. The summed E-state index contributed by atoms with van der Waals surface area (Å²) in [6.07, 6.45) is -0.502.